The van der Waals surface area contributed by atoms with Gasteiger partial charge in [0.05, 0.1) is 6.04 Å². The molecule has 0 aliphatic heterocycles. The molecule has 4 nitrogen and oxygen atoms in total. The molecule has 0 radical (unpaired) electrons. The summed E-state index contributed by atoms with van der Waals surface area (Å²) in [6, 6.07) is 2.08. The molecule has 1 amide bonds. The van der Waals surface area contributed by atoms with E-state index in [0.29, 0.717) is 11.7 Å². The number of carbonyl (C=O) groups is 1. The monoisotopic (exact) mass is 151 g/mol. The summed E-state index contributed by atoms with van der Waals surface area (Å²) in [5, 5.41) is 4.02. The van der Waals surface area contributed by atoms with Crippen molar-refractivity contribution in [2.75, 3.05) is 0 Å². The first-order chi connectivity index (χ1) is 5.29. The van der Waals surface area contributed by atoms with Gasteiger partial charge in [0.1, 0.15) is 5.69 Å². The van der Waals surface area contributed by atoms with Crippen molar-refractivity contribution in [1.82, 2.24) is 9.78 Å². The maximum Gasteiger partial charge on any atom is 0.266 e. The van der Waals surface area contributed by atoms with Crippen LogP contribution in [0, 0.1) is 0 Å². The Morgan fingerprint density at radius 3 is 3.00 bits per heavy atom. The van der Waals surface area contributed by atoms with Crippen molar-refractivity contribution in [3.63, 3.8) is 0 Å². The van der Waals surface area contributed by atoms with Gasteiger partial charge in [-0.15, -0.1) is 0 Å². The van der Waals surface area contributed by atoms with Gasteiger partial charge in [0.15, 0.2) is 0 Å². The number of hydrogen-bond donors (Lipinski definition) is 1. The van der Waals surface area contributed by atoms with E-state index in [1.807, 2.05) is 0 Å². The van der Waals surface area contributed by atoms with Crippen LogP contribution in [0.25, 0.3) is 0 Å². The molecule has 0 spiro atoms. The van der Waals surface area contributed by atoms with E-state index in [9.17, 15) is 4.79 Å². The Balaban J connectivity index is 2.37. The van der Waals surface area contributed by atoms with Crippen molar-refractivity contribution < 1.29 is 4.79 Å². The summed E-state index contributed by atoms with van der Waals surface area (Å²) in [5.41, 5.74) is 5.65. The fraction of sp³-hybridized carbons (Fsp3) is 0.429. The summed E-state index contributed by atoms with van der Waals surface area (Å²) in [4.78, 5) is 10.8. The fourth-order valence-electron chi connectivity index (χ4n) is 1.12. The van der Waals surface area contributed by atoms with E-state index in [2.05, 4.69) is 5.10 Å². The number of nitrogens with two attached hydrogens (primary N) is 1. The zero-order chi connectivity index (χ0) is 7.84. The molecule has 1 aromatic heterocycles. The lowest BCUT2D eigenvalue weighted by Gasteiger charge is -1.99. The van der Waals surface area contributed by atoms with Gasteiger partial charge < -0.3 is 5.73 Å². The van der Waals surface area contributed by atoms with Crippen LogP contribution in [0.4, 0.5) is 0 Å². The molecule has 1 fully saturated rings. The van der Waals surface area contributed by atoms with Crippen LogP contribution in [0.3, 0.4) is 0 Å². The molecule has 2 N–H and O–H groups in total. The highest BCUT2D eigenvalue weighted by Gasteiger charge is 2.27. The molecule has 1 heterocycles. The molecule has 1 aliphatic carbocycles. The van der Waals surface area contributed by atoms with E-state index in [-0.39, 0.29) is 0 Å². The average Bonchev–Trinajstić information content (AvgIpc) is 2.68. The van der Waals surface area contributed by atoms with Crippen molar-refractivity contribution in [1.29, 1.82) is 0 Å². The van der Waals surface area contributed by atoms with Crippen molar-refractivity contribution in [2.24, 2.45) is 5.73 Å². The van der Waals surface area contributed by atoms with Crippen LogP contribution >= 0.6 is 0 Å². The van der Waals surface area contributed by atoms with Crippen LogP contribution in [-0.4, -0.2) is 15.7 Å². The first-order valence-electron chi connectivity index (χ1n) is 3.62. The maximum absolute atomic E-state index is 10.8. The van der Waals surface area contributed by atoms with Gasteiger partial charge in [-0.25, -0.2) is 0 Å². The van der Waals surface area contributed by atoms with E-state index in [4.69, 9.17) is 5.73 Å². The van der Waals surface area contributed by atoms with E-state index in [1.165, 1.54) is 0 Å². The third-order valence-electron chi connectivity index (χ3n) is 1.82. The minimum atomic E-state index is -0.394. The zero-order valence-corrected chi connectivity index (χ0v) is 6.03. The second-order valence-corrected chi connectivity index (χ2v) is 2.76. The van der Waals surface area contributed by atoms with Crippen LogP contribution in [0.15, 0.2) is 12.3 Å². The molecule has 58 valence electrons. The van der Waals surface area contributed by atoms with Gasteiger partial charge in [0.2, 0.25) is 0 Å². The van der Waals surface area contributed by atoms with Crippen LogP contribution < -0.4 is 5.73 Å². The number of aromatic nitrogens is 2. The van der Waals surface area contributed by atoms with E-state index < -0.39 is 5.91 Å². The largest absolute Gasteiger partial charge is 0.364 e. The molecular weight excluding hydrogens is 142 g/mol. The molecule has 0 unspecified atom stereocenters. The topological polar surface area (TPSA) is 60.9 Å². The Hall–Kier alpha value is -1.32. The molecule has 0 bridgehead atoms. The standard InChI is InChI=1S/C7H9N3O/c8-7(11)6-3-4-9-10(6)5-1-2-5/h3-5H,1-2H2,(H2,8,11). The highest BCUT2D eigenvalue weighted by Crippen LogP contribution is 2.34. The normalized spacial score (nSPS) is 16.7. The lowest BCUT2D eigenvalue weighted by molar-refractivity contribution is 0.0990. The third-order valence-corrected chi connectivity index (χ3v) is 1.82. The number of hydrogen-bond acceptors (Lipinski definition) is 2. The molecule has 1 saturated carbocycles. The van der Waals surface area contributed by atoms with Gasteiger partial charge >= 0.3 is 0 Å². The first-order valence-corrected chi connectivity index (χ1v) is 3.62. The van der Waals surface area contributed by atoms with E-state index >= 15 is 0 Å². The second kappa shape index (κ2) is 2.08. The molecule has 0 atom stereocenters. The molecule has 1 aromatic rings. The highest BCUT2D eigenvalue weighted by molar-refractivity contribution is 5.90. The third kappa shape index (κ3) is 1.00. The van der Waals surface area contributed by atoms with Gasteiger partial charge in [0, 0.05) is 6.20 Å². The van der Waals surface area contributed by atoms with Crippen molar-refractivity contribution in [3.8, 4) is 0 Å². The Labute approximate surface area is 64.0 Å². The summed E-state index contributed by atoms with van der Waals surface area (Å²) < 4.78 is 1.71. The van der Waals surface area contributed by atoms with Gasteiger partial charge in [0.25, 0.3) is 5.91 Å². The Kier molecular flexibility index (Phi) is 1.21. The summed E-state index contributed by atoms with van der Waals surface area (Å²) in [6.07, 6.45) is 3.84. The average molecular weight is 151 g/mol. The molecule has 1 aliphatic rings. The number of primary amides is 1. The van der Waals surface area contributed by atoms with Crippen LogP contribution in [0.2, 0.25) is 0 Å². The molecule has 0 aromatic carbocycles. The first kappa shape index (κ1) is 6.39. The van der Waals surface area contributed by atoms with E-state index in [1.54, 1.807) is 16.9 Å². The Bertz CT molecular complexity index is 288. The number of rotatable bonds is 2. The summed E-state index contributed by atoms with van der Waals surface area (Å²) >= 11 is 0. The van der Waals surface area contributed by atoms with E-state index in [0.717, 1.165) is 12.8 Å². The highest BCUT2D eigenvalue weighted by atomic mass is 16.1. The maximum atomic E-state index is 10.8. The lowest BCUT2D eigenvalue weighted by atomic mass is 10.4. The zero-order valence-electron chi connectivity index (χ0n) is 6.03. The summed E-state index contributed by atoms with van der Waals surface area (Å²) in [5.74, 6) is -0.394. The summed E-state index contributed by atoms with van der Waals surface area (Å²) in [6.45, 7) is 0. The predicted molar refractivity (Wildman–Crippen MR) is 39.0 cm³/mol. The van der Waals surface area contributed by atoms with Crippen molar-refractivity contribution in [2.45, 2.75) is 18.9 Å². The molecule has 2 rings (SSSR count). The predicted octanol–water partition coefficient (Wildman–Crippen LogP) is 0.317. The minimum Gasteiger partial charge on any atom is -0.364 e. The molecule has 4 heteroatoms. The quantitative estimate of drug-likeness (QED) is 0.661. The van der Waals surface area contributed by atoms with Gasteiger partial charge in [-0.3, -0.25) is 9.48 Å². The van der Waals surface area contributed by atoms with Crippen molar-refractivity contribution >= 4 is 5.91 Å². The fourth-order valence-corrected chi connectivity index (χ4v) is 1.12. The number of amides is 1. The van der Waals surface area contributed by atoms with Crippen LogP contribution in [0.5, 0.6) is 0 Å². The molecule has 0 saturated heterocycles. The summed E-state index contributed by atoms with van der Waals surface area (Å²) in [7, 11) is 0. The SMILES string of the molecule is NC(=O)c1ccnn1C1CC1. The second-order valence-electron chi connectivity index (χ2n) is 2.76. The number of nitrogens with zero attached hydrogens (tertiary/aromatic N) is 2. The van der Waals surface area contributed by atoms with Crippen LogP contribution in [-0.2, 0) is 0 Å². The van der Waals surface area contributed by atoms with Gasteiger partial charge in [-0.2, -0.15) is 5.10 Å². The Morgan fingerprint density at radius 1 is 1.73 bits per heavy atom. The van der Waals surface area contributed by atoms with Gasteiger partial charge in [-0.1, -0.05) is 0 Å². The molecule has 11 heavy (non-hydrogen) atoms. The van der Waals surface area contributed by atoms with Gasteiger partial charge in [-0.05, 0) is 18.9 Å². The number of carbonyl (C=O) groups excluding carboxylic acids is 1. The van der Waals surface area contributed by atoms with Crippen molar-refractivity contribution in [3.05, 3.63) is 18.0 Å². The Morgan fingerprint density at radius 2 is 2.45 bits per heavy atom. The smallest absolute Gasteiger partial charge is 0.266 e. The molecular formula is C7H9N3O. The minimum absolute atomic E-state index is 0.394. The lowest BCUT2D eigenvalue weighted by Crippen LogP contribution is -2.16. The van der Waals surface area contributed by atoms with Crippen LogP contribution in [0.1, 0.15) is 29.4 Å².